The van der Waals surface area contributed by atoms with Crippen LogP contribution in [-0.2, 0) is 11.2 Å². The van der Waals surface area contributed by atoms with Gasteiger partial charge in [-0.2, -0.15) is 0 Å². The SMILES string of the molecule is COc1ccc2c(c1)C(C1CCN(C=O)CC1)CC2. The van der Waals surface area contributed by atoms with Crippen LogP contribution in [-0.4, -0.2) is 31.5 Å². The molecule has 1 fully saturated rings. The number of amides is 1. The standard InChI is InChI=1S/C16H21NO2/c1-19-14-4-2-12-3-5-15(16(12)10-14)13-6-8-17(11-18)9-7-13/h2,4,10-11,13,15H,3,5-9H2,1H3. The molecule has 1 aliphatic carbocycles. The summed E-state index contributed by atoms with van der Waals surface area (Å²) in [5, 5.41) is 0. The van der Waals surface area contributed by atoms with Gasteiger partial charge in [0, 0.05) is 13.1 Å². The van der Waals surface area contributed by atoms with Gasteiger partial charge in [-0.05, 0) is 60.8 Å². The summed E-state index contributed by atoms with van der Waals surface area (Å²) in [4.78, 5) is 12.7. The van der Waals surface area contributed by atoms with Crippen molar-refractivity contribution < 1.29 is 9.53 Å². The normalized spacial score (nSPS) is 23.2. The van der Waals surface area contributed by atoms with E-state index in [0.29, 0.717) is 5.92 Å². The number of methoxy groups -OCH3 is 1. The number of aryl methyl sites for hydroxylation is 1. The number of benzene rings is 1. The van der Waals surface area contributed by atoms with Crippen molar-refractivity contribution in [1.29, 1.82) is 0 Å². The third kappa shape index (κ3) is 2.34. The summed E-state index contributed by atoms with van der Waals surface area (Å²) in [5.41, 5.74) is 2.98. The topological polar surface area (TPSA) is 29.5 Å². The first-order valence-corrected chi connectivity index (χ1v) is 7.18. The van der Waals surface area contributed by atoms with Crippen molar-refractivity contribution >= 4 is 6.41 Å². The molecule has 3 heteroatoms. The number of fused-ring (bicyclic) bond motifs is 1. The van der Waals surface area contributed by atoms with Crippen LogP contribution in [0.4, 0.5) is 0 Å². The minimum Gasteiger partial charge on any atom is -0.497 e. The average molecular weight is 259 g/mol. The molecular formula is C16H21NO2. The maximum atomic E-state index is 10.8. The molecule has 102 valence electrons. The van der Waals surface area contributed by atoms with Crippen LogP contribution in [0.5, 0.6) is 5.75 Å². The van der Waals surface area contributed by atoms with Crippen molar-refractivity contribution in [2.75, 3.05) is 20.2 Å². The second kappa shape index (κ2) is 5.24. The lowest BCUT2D eigenvalue weighted by Gasteiger charge is -2.33. The summed E-state index contributed by atoms with van der Waals surface area (Å²) in [5.74, 6) is 2.36. The number of likely N-dealkylation sites (tertiary alicyclic amines) is 1. The highest BCUT2D eigenvalue weighted by atomic mass is 16.5. The molecule has 0 radical (unpaired) electrons. The molecule has 3 rings (SSSR count). The monoisotopic (exact) mass is 259 g/mol. The van der Waals surface area contributed by atoms with Gasteiger partial charge >= 0.3 is 0 Å². The quantitative estimate of drug-likeness (QED) is 0.781. The molecule has 1 aliphatic heterocycles. The summed E-state index contributed by atoms with van der Waals surface area (Å²) < 4.78 is 5.36. The molecule has 2 aliphatic rings. The number of piperidine rings is 1. The second-order valence-corrected chi connectivity index (χ2v) is 5.69. The van der Waals surface area contributed by atoms with E-state index in [-0.39, 0.29) is 0 Å². The van der Waals surface area contributed by atoms with Gasteiger partial charge in [-0.3, -0.25) is 4.79 Å². The molecule has 1 atom stereocenters. The first-order chi connectivity index (χ1) is 9.31. The maximum absolute atomic E-state index is 10.8. The molecule has 19 heavy (non-hydrogen) atoms. The third-order valence-electron chi connectivity index (χ3n) is 4.77. The van der Waals surface area contributed by atoms with Gasteiger partial charge in [0.25, 0.3) is 0 Å². The molecule has 1 saturated heterocycles. The number of carbonyl (C=O) groups excluding carboxylic acids is 1. The van der Waals surface area contributed by atoms with Gasteiger partial charge < -0.3 is 9.64 Å². The zero-order chi connectivity index (χ0) is 13.2. The van der Waals surface area contributed by atoms with E-state index in [2.05, 4.69) is 18.2 Å². The summed E-state index contributed by atoms with van der Waals surface area (Å²) in [7, 11) is 1.73. The van der Waals surface area contributed by atoms with E-state index in [9.17, 15) is 4.79 Å². The van der Waals surface area contributed by atoms with Crippen LogP contribution >= 0.6 is 0 Å². The van der Waals surface area contributed by atoms with Gasteiger partial charge in [-0.25, -0.2) is 0 Å². The fourth-order valence-electron chi connectivity index (χ4n) is 3.66. The number of nitrogens with zero attached hydrogens (tertiary/aromatic N) is 1. The second-order valence-electron chi connectivity index (χ2n) is 5.69. The number of ether oxygens (including phenoxy) is 1. The largest absolute Gasteiger partial charge is 0.497 e. The van der Waals surface area contributed by atoms with Crippen LogP contribution < -0.4 is 4.74 Å². The van der Waals surface area contributed by atoms with Gasteiger partial charge in [0.2, 0.25) is 6.41 Å². The molecule has 0 spiro atoms. The van der Waals surface area contributed by atoms with E-state index >= 15 is 0 Å². The third-order valence-corrected chi connectivity index (χ3v) is 4.77. The van der Waals surface area contributed by atoms with E-state index in [1.165, 1.54) is 24.0 Å². The van der Waals surface area contributed by atoms with E-state index in [1.807, 2.05) is 4.90 Å². The number of hydrogen-bond acceptors (Lipinski definition) is 2. The summed E-state index contributed by atoms with van der Waals surface area (Å²) >= 11 is 0. The molecule has 0 bridgehead atoms. The highest BCUT2D eigenvalue weighted by molar-refractivity contribution is 5.47. The number of rotatable bonds is 3. The fraction of sp³-hybridized carbons (Fsp3) is 0.562. The molecular weight excluding hydrogens is 238 g/mol. The molecule has 1 heterocycles. The predicted octanol–water partition coefficient (Wildman–Crippen LogP) is 2.59. The lowest BCUT2D eigenvalue weighted by Crippen LogP contribution is -2.34. The van der Waals surface area contributed by atoms with E-state index < -0.39 is 0 Å². The van der Waals surface area contributed by atoms with Crippen molar-refractivity contribution in [2.24, 2.45) is 5.92 Å². The van der Waals surface area contributed by atoms with Crippen LogP contribution in [0.2, 0.25) is 0 Å². The van der Waals surface area contributed by atoms with Crippen LogP contribution in [0.25, 0.3) is 0 Å². The van der Waals surface area contributed by atoms with Crippen LogP contribution in [0.1, 0.15) is 36.3 Å². The molecule has 0 aromatic heterocycles. The Morgan fingerprint density at radius 1 is 1.26 bits per heavy atom. The Morgan fingerprint density at radius 3 is 2.74 bits per heavy atom. The van der Waals surface area contributed by atoms with Crippen LogP contribution in [0, 0.1) is 5.92 Å². The summed E-state index contributed by atoms with van der Waals surface area (Å²) in [6.45, 7) is 1.84. The van der Waals surface area contributed by atoms with Crippen molar-refractivity contribution in [1.82, 2.24) is 4.90 Å². The summed E-state index contributed by atoms with van der Waals surface area (Å²) in [6, 6.07) is 6.50. The van der Waals surface area contributed by atoms with Crippen molar-refractivity contribution in [2.45, 2.75) is 31.6 Å². The van der Waals surface area contributed by atoms with Crippen LogP contribution in [0.3, 0.4) is 0 Å². The zero-order valence-electron chi connectivity index (χ0n) is 11.5. The lowest BCUT2D eigenvalue weighted by atomic mass is 9.81. The van der Waals surface area contributed by atoms with Gasteiger partial charge in [0.1, 0.15) is 5.75 Å². The van der Waals surface area contributed by atoms with E-state index in [0.717, 1.165) is 44.0 Å². The minimum atomic E-state index is 0.666. The Labute approximate surface area is 114 Å². The van der Waals surface area contributed by atoms with Gasteiger partial charge in [-0.15, -0.1) is 0 Å². The van der Waals surface area contributed by atoms with Crippen LogP contribution in [0.15, 0.2) is 18.2 Å². The molecule has 0 N–H and O–H groups in total. The molecule has 1 aromatic carbocycles. The first-order valence-electron chi connectivity index (χ1n) is 7.18. The fourth-order valence-corrected chi connectivity index (χ4v) is 3.66. The average Bonchev–Trinajstić information content (AvgIpc) is 2.90. The number of hydrogen-bond donors (Lipinski definition) is 0. The first kappa shape index (κ1) is 12.5. The maximum Gasteiger partial charge on any atom is 0.209 e. The van der Waals surface area contributed by atoms with Gasteiger partial charge in [0.15, 0.2) is 0 Å². The number of carbonyl (C=O) groups is 1. The van der Waals surface area contributed by atoms with Crippen molar-refractivity contribution in [3.8, 4) is 5.75 Å². The lowest BCUT2D eigenvalue weighted by molar-refractivity contribution is -0.119. The Morgan fingerprint density at radius 2 is 2.05 bits per heavy atom. The molecule has 3 nitrogen and oxygen atoms in total. The summed E-state index contributed by atoms with van der Waals surface area (Å²) in [6.07, 6.45) is 5.72. The highest BCUT2D eigenvalue weighted by Crippen LogP contribution is 2.43. The Balaban J connectivity index is 1.76. The van der Waals surface area contributed by atoms with Gasteiger partial charge in [0.05, 0.1) is 7.11 Å². The molecule has 1 amide bonds. The molecule has 1 aromatic rings. The molecule has 0 saturated carbocycles. The van der Waals surface area contributed by atoms with E-state index in [1.54, 1.807) is 7.11 Å². The van der Waals surface area contributed by atoms with Crippen molar-refractivity contribution in [3.05, 3.63) is 29.3 Å². The van der Waals surface area contributed by atoms with E-state index in [4.69, 9.17) is 4.74 Å². The smallest absolute Gasteiger partial charge is 0.209 e. The Bertz CT molecular complexity index is 464. The highest BCUT2D eigenvalue weighted by Gasteiger charge is 2.32. The zero-order valence-corrected chi connectivity index (χ0v) is 11.5. The van der Waals surface area contributed by atoms with Gasteiger partial charge in [-0.1, -0.05) is 6.07 Å². The predicted molar refractivity (Wildman–Crippen MR) is 74.4 cm³/mol. The minimum absolute atomic E-state index is 0.666. The molecule has 1 unspecified atom stereocenters. The Kier molecular flexibility index (Phi) is 3.45. The Hall–Kier alpha value is -1.51. The van der Waals surface area contributed by atoms with Crippen molar-refractivity contribution in [3.63, 3.8) is 0 Å².